The molecule has 1 amide bonds. The zero-order valence-electron chi connectivity index (χ0n) is 10.3. The van der Waals surface area contributed by atoms with Crippen molar-refractivity contribution in [2.75, 3.05) is 13.1 Å². The van der Waals surface area contributed by atoms with Crippen LogP contribution in [0, 0.1) is 6.92 Å². The quantitative estimate of drug-likeness (QED) is 0.833. The Morgan fingerprint density at radius 2 is 2.28 bits per heavy atom. The van der Waals surface area contributed by atoms with E-state index in [9.17, 15) is 4.79 Å². The summed E-state index contributed by atoms with van der Waals surface area (Å²) in [5.74, 6) is 0.349. The number of amides is 1. The Hall–Kier alpha value is -1.81. The highest BCUT2D eigenvalue weighted by Crippen LogP contribution is 2.22. The maximum Gasteiger partial charge on any atom is 0.289 e. The number of aryl methyl sites for hydroxylation is 1. The van der Waals surface area contributed by atoms with Crippen molar-refractivity contribution in [3.05, 3.63) is 35.6 Å². The Morgan fingerprint density at radius 1 is 1.44 bits per heavy atom. The van der Waals surface area contributed by atoms with Gasteiger partial charge in [0.2, 0.25) is 0 Å². The minimum absolute atomic E-state index is 0.0585. The molecule has 2 N–H and O–H groups in total. The van der Waals surface area contributed by atoms with Crippen molar-refractivity contribution in [2.45, 2.75) is 19.4 Å². The molecule has 0 saturated carbocycles. The lowest BCUT2D eigenvalue weighted by atomic mass is 10.2. The van der Waals surface area contributed by atoms with E-state index in [0.29, 0.717) is 12.3 Å². The number of carbonyl (C=O) groups is 1. The van der Waals surface area contributed by atoms with Gasteiger partial charge in [-0.1, -0.05) is 12.1 Å². The van der Waals surface area contributed by atoms with Gasteiger partial charge in [0.25, 0.3) is 5.91 Å². The molecular weight excluding hydrogens is 228 g/mol. The van der Waals surface area contributed by atoms with E-state index in [4.69, 9.17) is 10.2 Å². The van der Waals surface area contributed by atoms with Crippen LogP contribution in [-0.2, 0) is 0 Å². The van der Waals surface area contributed by atoms with Crippen molar-refractivity contribution in [3.8, 4) is 0 Å². The summed E-state index contributed by atoms with van der Waals surface area (Å²) >= 11 is 0. The highest BCUT2D eigenvalue weighted by Gasteiger charge is 2.26. The molecule has 2 aromatic rings. The van der Waals surface area contributed by atoms with Gasteiger partial charge in [0.05, 0.1) is 0 Å². The van der Waals surface area contributed by atoms with E-state index in [2.05, 4.69) is 0 Å². The molecular formula is C14H16N2O2. The molecule has 2 heterocycles. The molecule has 4 nitrogen and oxygen atoms in total. The topological polar surface area (TPSA) is 59.5 Å². The number of likely N-dealkylation sites (tertiary alicyclic amines) is 1. The molecule has 1 atom stereocenters. The third-order valence-electron chi connectivity index (χ3n) is 3.40. The van der Waals surface area contributed by atoms with Gasteiger partial charge in [-0.05, 0) is 31.0 Å². The Morgan fingerprint density at radius 3 is 3.00 bits per heavy atom. The molecule has 0 bridgehead atoms. The number of hydrogen-bond acceptors (Lipinski definition) is 3. The van der Waals surface area contributed by atoms with Crippen molar-refractivity contribution < 1.29 is 9.21 Å². The molecule has 1 saturated heterocycles. The first-order valence-corrected chi connectivity index (χ1v) is 6.18. The van der Waals surface area contributed by atoms with E-state index >= 15 is 0 Å². The highest BCUT2D eigenvalue weighted by molar-refractivity contribution is 5.96. The van der Waals surface area contributed by atoms with Gasteiger partial charge in [-0.3, -0.25) is 4.79 Å². The maximum atomic E-state index is 12.2. The molecule has 3 rings (SSSR count). The van der Waals surface area contributed by atoms with Gasteiger partial charge < -0.3 is 15.1 Å². The van der Waals surface area contributed by atoms with E-state index in [1.165, 1.54) is 0 Å². The largest absolute Gasteiger partial charge is 0.451 e. The Balaban J connectivity index is 1.92. The summed E-state index contributed by atoms with van der Waals surface area (Å²) in [6.45, 7) is 3.34. The number of hydrogen-bond donors (Lipinski definition) is 1. The average Bonchev–Trinajstić information content (AvgIpc) is 2.93. The summed E-state index contributed by atoms with van der Waals surface area (Å²) in [6, 6.07) is 7.84. The lowest BCUT2D eigenvalue weighted by molar-refractivity contribution is 0.0761. The second kappa shape index (κ2) is 4.14. The minimum Gasteiger partial charge on any atom is -0.451 e. The third kappa shape index (κ3) is 1.88. The number of fused-ring (bicyclic) bond motifs is 1. The Bertz CT molecular complexity index is 603. The van der Waals surface area contributed by atoms with Crippen LogP contribution in [0.4, 0.5) is 0 Å². The predicted molar refractivity (Wildman–Crippen MR) is 69.4 cm³/mol. The summed E-state index contributed by atoms with van der Waals surface area (Å²) in [4.78, 5) is 14.0. The fourth-order valence-electron chi connectivity index (χ4n) is 2.37. The maximum absolute atomic E-state index is 12.2. The summed E-state index contributed by atoms with van der Waals surface area (Å²) in [6.07, 6.45) is 0.866. The minimum atomic E-state index is -0.0585. The Kier molecular flexibility index (Phi) is 2.59. The zero-order valence-corrected chi connectivity index (χ0v) is 10.3. The smallest absolute Gasteiger partial charge is 0.289 e. The number of nitrogens with zero attached hydrogens (tertiary/aromatic N) is 1. The lowest BCUT2D eigenvalue weighted by Crippen LogP contribution is -2.31. The van der Waals surface area contributed by atoms with Crippen LogP contribution in [0.3, 0.4) is 0 Å². The van der Waals surface area contributed by atoms with Gasteiger partial charge >= 0.3 is 0 Å². The number of furan rings is 1. The van der Waals surface area contributed by atoms with E-state index in [-0.39, 0.29) is 11.9 Å². The van der Waals surface area contributed by atoms with Crippen molar-refractivity contribution in [1.29, 1.82) is 0 Å². The van der Waals surface area contributed by atoms with Crippen LogP contribution in [0.1, 0.15) is 22.5 Å². The van der Waals surface area contributed by atoms with Gasteiger partial charge in [0.1, 0.15) is 5.58 Å². The van der Waals surface area contributed by atoms with Gasteiger partial charge in [-0.25, -0.2) is 0 Å². The second-order valence-electron chi connectivity index (χ2n) is 4.95. The molecule has 0 spiro atoms. The van der Waals surface area contributed by atoms with Crippen molar-refractivity contribution in [2.24, 2.45) is 5.73 Å². The summed E-state index contributed by atoms with van der Waals surface area (Å²) < 4.78 is 5.63. The molecule has 94 valence electrons. The Labute approximate surface area is 105 Å². The van der Waals surface area contributed by atoms with Crippen LogP contribution >= 0.6 is 0 Å². The van der Waals surface area contributed by atoms with Crippen LogP contribution in [0.5, 0.6) is 0 Å². The fraction of sp³-hybridized carbons (Fsp3) is 0.357. The van der Waals surface area contributed by atoms with Gasteiger partial charge in [-0.2, -0.15) is 0 Å². The fourth-order valence-corrected chi connectivity index (χ4v) is 2.37. The standard InChI is InChI=1S/C14H16N2O2/c1-9-2-3-10-7-13(18-12(10)6-9)14(17)16-5-4-11(15)8-16/h2-3,6-7,11H,4-5,8,15H2,1H3. The number of carbonyl (C=O) groups excluding carboxylic acids is 1. The summed E-state index contributed by atoms with van der Waals surface area (Å²) in [5.41, 5.74) is 7.70. The summed E-state index contributed by atoms with van der Waals surface area (Å²) in [5, 5.41) is 0.965. The van der Waals surface area contributed by atoms with E-state index < -0.39 is 0 Å². The van der Waals surface area contributed by atoms with Gasteiger partial charge in [0.15, 0.2) is 5.76 Å². The van der Waals surface area contributed by atoms with Crippen LogP contribution < -0.4 is 5.73 Å². The molecule has 0 aliphatic carbocycles. The first-order valence-electron chi connectivity index (χ1n) is 6.18. The van der Waals surface area contributed by atoms with Crippen molar-refractivity contribution in [1.82, 2.24) is 4.90 Å². The third-order valence-corrected chi connectivity index (χ3v) is 3.40. The first-order chi connectivity index (χ1) is 8.63. The van der Waals surface area contributed by atoms with E-state index in [1.54, 1.807) is 11.0 Å². The molecule has 4 heteroatoms. The molecule has 1 aromatic heterocycles. The predicted octanol–water partition coefficient (Wildman–Crippen LogP) is 1.91. The molecule has 1 aliphatic rings. The van der Waals surface area contributed by atoms with Crippen LogP contribution in [0.2, 0.25) is 0 Å². The highest BCUT2D eigenvalue weighted by atomic mass is 16.3. The first kappa shape index (κ1) is 11.3. The van der Waals surface area contributed by atoms with Gasteiger partial charge in [0, 0.05) is 24.5 Å². The molecule has 1 unspecified atom stereocenters. The molecule has 1 aromatic carbocycles. The lowest BCUT2D eigenvalue weighted by Gasteiger charge is -2.13. The average molecular weight is 244 g/mol. The van der Waals surface area contributed by atoms with Crippen LogP contribution in [0.25, 0.3) is 11.0 Å². The molecule has 1 aliphatic heterocycles. The number of rotatable bonds is 1. The van der Waals surface area contributed by atoms with E-state index in [0.717, 1.165) is 29.5 Å². The number of benzene rings is 1. The monoisotopic (exact) mass is 244 g/mol. The van der Waals surface area contributed by atoms with Crippen LogP contribution in [-0.4, -0.2) is 29.9 Å². The zero-order chi connectivity index (χ0) is 12.7. The normalized spacial score (nSPS) is 19.7. The second-order valence-corrected chi connectivity index (χ2v) is 4.95. The molecule has 18 heavy (non-hydrogen) atoms. The van der Waals surface area contributed by atoms with Crippen molar-refractivity contribution >= 4 is 16.9 Å². The summed E-state index contributed by atoms with van der Waals surface area (Å²) in [7, 11) is 0. The van der Waals surface area contributed by atoms with Crippen LogP contribution in [0.15, 0.2) is 28.7 Å². The molecule has 1 fully saturated rings. The van der Waals surface area contributed by atoms with Crippen molar-refractivity contribution in [3.63, 3.8) is 0 Å². The van der Waals surface area contributed by atoms with Gasteiger partial charge in [-0.15, -0.1) is 0 Å². The molecule has 0 radical (unpaired) electrons. The number of nitrogens with two attached hydrogens (primary N) is 1. The van der Waals surface area contributed by atoms with E-state index in [1.807, 2.05) is 25.1 Å². The SMILES string of the molecule is Cc1ccc2cc(C(=O)N3CCC(N)C3)oc2c1.